The third-order valence-electron chi connectivity index (χ3n) is 3.74. The van der Waals surface area contributed by atoms with Crippen LogP contribution in [0.4, 0.5) is 0 Å². The van der Waals surface area contributed by atoms with E-state index < -0.39 is 15.6 Å². The van der Waals surface area contributed by atoms with Gasteiger partial charge in [-0.2, -0.15) is 0 Å². The van der Waals surface area contributed by atoms with Crippen molar-refractivity contribution in [3.05, 3.63) is 6.33 Å². The number of piperidine rings is 1. The number of rotatable bonds is 3. The highest BCUT2D eigenvalue weighted by Crippen LogP contribution is 2.23. The minimum absolute atomic E-state index is 0.0842. The van der Waals surface area contributed by atoms with E-state index in [4.69, 9.17) is 0 Å². The first-order chi connectivity index (χ1) is 9.33. The summed E-state index contributed by atoms with van der Waals surface area (Å²) in [5.74, 6) is -0.901. The van der Waals surface area contributed by atoms with Crippen LogP contribution >= 0.6 is 0 Å². The van der Waals surface area contributed by atoms with E-state index >= 15 is 0 Å². The first-order valence-corrected chi connectivity index (χ1v) is 8.36. The van der Waals surface area contributed by atoms with Gasteiger partial charge in [0.25, 0.3) is 0 Å². The summed E-state index contributed by atoms with van der Waals surface area (Å²) in [7, 11) is -2.20. The maximum atomic E-state index is 12.3. The molecule has 2 atom stereocenters. The molecule has 1 aromatic heterocycles. The maximum Gasteiger partial charge on any atom is 0.249 e. The maximum absolute atomic E-state index is 12.3. The highest BCUT2D eigenvalue weighted by Gasteiger charge is 2.33. The number of hydrogen-bond acceptors (Lipinski definition) is 5. The molecule has 0 radical (unpaired) electrons. The third kappa shape index (κ3) is 2.84. The van der Waals surface area contributed by atoms with Crippen molar-refractivity contribution in [2.24, 2.45) is 7.05 Å². The molecule has 0 unspecified atom stereocenters. The molecule has 2 rings (SSSR count). The normalized spacial score (nSPS) is 23.9. The number of likely N-dealkylation sites (tertiary alicyclic amines) is 1. The van der Waals surface area contributed by atoms with Crippen molar-refractivity contribution in [3.63, 3.8) is 0 Å². The van der Waals surface area contributed by atoms with Crippen LogP contribution in [0.3, 0.4) is 0 Å². The lowest BCUT2D eigenvalue weighted by atomic mass is 9.98. The van der Waals surface area contributed by atoms with E-state index in [0.29, 0.717) is 0 Å². The Hall–Kier alpha value is -1.44. The van der Waals surface area contributed by atoms with Gasteiger partial charge in [-0.3, -0.25) is 4.79 Å². The highest BCUT2D eigenvalue weighted by molar-refractivity contribution is 7.91. The standard InChI is InChI=1S/C12H20N4O3S/c1-9-5-4-6-10(2)16(9)11(17)7-20(18,19)12-14-13-8-15(12)3/h8-10H,4-7H2,1-3H3/t9-,10-/m1/s1. The molecule has 8 heteroatoms. The molecule has 7 nitrogen and oxygen atoms in total. The number of hydrogen-bond donors (Lipinski definition) is 0. The van der Waals surface area contributed by atoms with Gasteiger partial charge in [0.1, 0.15) is 12.1 Å². The van der Waals surface area contributed by atoms with Crippen molar-refractivity contribution in [2.75, 3.05) is 5.75 Å². The number of nitrogens with zero attached hydrogens (tertiary/aromatic N) is 4. The van der Waals surface area contributed by atoms with Gasteiger partial charge in [-0.05, 0) is 33.1 Å². The van der Waals surface area contributed by atoms with Gasteiger partial charge in [0.15, 0.2) is 0 Å². The second kappa shape index (κ2) is 5.51. The summed E-state index contributed by atoms with van der Waals surface area (Å²) in [6.45, 7) is 3.92. The molecule has 0 bridgehead atoms. The van der Waals surface area contributed by atoms with Crippen molar-refractivity contribution < 1.29 is 13.2 Å². The zero-order valence-electron chi connectivity index (χ0n) is 12.0. The molecule has 0 aliphatic carbocycles. The Kier molecular flexibility index (Phi) is 4.12. The largest absolute Gasteiger partial charge is 0.336 e. The minimum Gasteiger partial charge on any atom is -0.336 e. The highest BCUT2D eigenvalue weighted by atomic mass is 32.2. The predicted octanol–water partition coefficient (Wildman–Crippen LogP) is 0.378. The molecular formula is C12H20N4O3S. The number of aromatic nitrogens is 3. The molecule has 0 aromatic carbocycles. The van der Waals surface area contributed by atoms with E-state index in [1.807, 2.05) is 13.8 Å². The minimum atomic E-state index is -3.74. The topological polar surface area (TPSA) is 85.2 Å². The van der Waals surface area contributed by atoms with Gasteiger partial charge in [-0.25, -0.2) is 8.42 Å². The first kappa shape index (κ1) is 15.0. The van der Waals surface area contributed by atoms with Crippen LogP contribution in [0.15, 0.2) is 11.5 Å². The van der Waals surface area contributed by atoms with Crippen LogP contribution in [0.25, 0.3) is 0 Å². The third-order valence-corrected chi connectivity index (χ3v) is 5.30. The molecular weight excluding hydrogens is 280 g/mol. The average Bonchev–Trinajstić information content (AvgIpc) is 2.75. The summed E-state index contributed by atoms with van der Waals surface area (Å²) >= 11 is 0. The Labute approximate surface area is 118 Å². The fourth-order valence-corrected chi connectivity index (χ4v) is 4.03. The van der Waals surface area contributed by atoms with E-state index in [9.17, 15) is 13.2 Å². The Morgan fingerprint density at radius 2 is 1.95 bits per heavy atom. The van der Waals surface area contributed by atoms with Crippen LogP contribution in [0, 0.1) is 0 Å². The lowest BCUT2D eigenvalue weighted by molar-refractivity contribution is -0.134. The van der Waals surface area contributed by atoms with E-state index in [2.05, 4.69) is 10.2 Å². The van der Waals surface area contributed by atoms with E-state index in [1.54, 1.807) is 11.9 Å². The molecule has 0 spiro atoms. The quantitative estimate of drug-likeness (QED) is 0.805. The summed E-state index contributed by atoms with van der Waals surface area (Å²) in [6, 6.07) is 0.168. The van der Waals surface area contributed by atoms with Gasteiger partial charge in [0.2, 0.25) is 20.9 Å². The van der Waals surface area contributed by atoms with E-state index in [-0.39, 0.29) is 23.1 Å². The number of amides is 1. The fourth-order valence-electron chi connectivity index (χ4n) is 2.77. The fraction of sp³-hybridized carbons (Fsp3) is 0.750. The van der Waals surface area contributed by atoms with Crippen molar-refractivity contribution >= 4 is 15.7 Å². The van der Waals surface area contributed by atoms with Gasteiger partial charge in [0, 0.05) is 19.1 Å². The van der Waals surface area contributed by atoms with Gasteiger partial charge >= 0.3 is 0 Å². The van der Waals surface area contributed by atoms with Crippen LogP contribution in [0.5, 0.6) is 0 Å². The Balaban J connectivity index is 2.17. The molecule has 0 N–H and O–H groups in total. The molecule has 1 aromatic rings. The zero-order chi connectivity index (χ0) is 14.9. The van der Waals surface area contributed by atoms with Crippen molar-refractivity contribution in [1.82, 2.24) is 19.7 Å². The summed E-state index contributed by atoms with van der Waals surface area (Å²) in [5.41, 5.74) is 0. The van der Waals surface area contributed by atoms with Crippen LogP contribution in [-0.4, -0.2) is 51.8 Å². The molecule has 2 heterocycles. The summed E-state index contributed by atoms with van der Waals surface area (Å²) in [6.07, 6.45) is 4.21. The lowest BCUT2D eigenvalue weighted by Crippen LogP contribution is -2.49. The number of carbonyl (C=O) groups excluding carboxylic acids is 1. The van der Waals surface area contributed by atoms with E-state index in [1.165, 1.54) is 10.9 Å². The van der Waals surface area contributed by atoms with Crippen LogP contribution in [0.1, 0.15) is 33.1 Å². The second-order valence-electron chi connectivity index (χ2n) is 5.41. The first-order valence-electron chi connectivity index (χ1n) is 6.71. The summed E-state index contributed by atoms with van der Waals surface area (Å²) < 4.78 is 25.7. The van der Waals surface area contributed by atoms with Crippen LogP contribution < -0.4 is 0 Å². The average molecular weight is 300 g/mol. The lowest BCUT2D eigenvalue weighted by Gasteiger charge is -2.39. The van der Waals surface area contributed by atoms with Crippen molar-refractivity contribution in [3.8, 4) is 0 Å². The number of carbonyl (C=O) groups is 1. The molecule has 112 valence electrons. The Morgan fingerprint density at radius 3 is 2.45 bits per heavy atom. The molecule has 1 aliphatic rings. The van der Waals surface area contributed by atoms with Crippen molar-refractivity contribution in [2.45, 2.75) is 50.4 Å². The van der Waals surface area contributed by atoms with E-state index in [0.717, 1.165) is 19.3 Å². The monoisotopic (exact) mass is 300 g/mol. The molecule has 1 fully saturated rings. The van der Waals surface area contributed by atoms with Gasteiger partial charge in [-0.1, -0.05) is 0 Å². The summed E-state index contributed by atoms with van der Waals surface area (Å²) in [4.78, 5) is 14.0. The zero-order valence-corrected chi connectivity index (χ0v) is 12.8. The van der Waals surface area contributed by atoms with Gasteiger partial charge < -0.3 is 9.47 Å². The summed E-state index contributed by atoms with van der Waals surface area (Å²) in [5, 5.41) is 6.96. The number of sulfone groups is 1. The smallest absolute Gasteiger partial charge is 0.249 e. The SMILES string of the molecule is C[C@@H]1CCC[C@@H](C)N1C(=O)CS(=O)(=O)c1nncn1C. The molecule has 1 saturated heterocycles. The van der Waals surface area contributed by atoms with Crippen molar-refractivity contribution in [1.29, 1.82) is 0 Å². The molecule has 0 saturated carbocycles. The molecule has 1 amide bonds. The number of aryl methyl sites for hydroxylation is 1. The second-order valence-corrected chi connectivity index (χ2v) is 7.30. The molecule has 20 heavy (non-hydrogen) atoms. The Bertz CT molecular complexity index is 586. The Morgan fingerprint density at radius 1 is 1.35 bits per heavy atom. The van der Waals surface area contributed by atoms with Crippen LogP contribution in [-0.2, 0) is 21.7 Å². The predicted molar refractivity (Wildman–Crippen MR) is 72.7 cm³/mol. The van der Waals surface area contributed by atoms with Gasteiger partial charge in [0.05, 0.1) is 0 Å². The molecule has 1 aliphatic heterocycles. The van der Waals surface area contributed by atoms with Crippen LogP contribution in [0.2, 0.25) is 0 Å². The van der Waals surface area contributed by atoms with Gasteiger partial charge in [-0.15, -0.1) is 10.2 Å².